The first-order valence-corrected chi connectivity index (χ1v) is 8.81. The van der Waals surface area contributed by atoms with Crippen molar-refractivity contribution in [2.45, 2.75) is 13.0 Å². The van der Waals surface area contributed by atoms with Crippen LogP contribution in [0.5, 0.6) is 5.75 Å². The molecule has 0 saturated carbocycles. The monoisotopic (exact) mass is 398 g/mol. The van der Waals surface area contributed by atoms with E-state index < -0.39 is 12.1 Å². The first kappa shape index (κ1) is 17.7. The Morgan fingerprint density at radius 3 is 2.88 bits per heavy atom. The Balaban J connectivity index is 1.55. The lowest BCUT2D eigenvalue weighted by Gasteiger charge is -2.11. The molecule has 0 unspecified atom stereocenters. The molecule has 25 heavy (non-hydrogen) atoms. The van der Waals surface area contributed by atoms with E-state index in [1.165, 1.54) is 17.4 Å². The quantitative estimate of drug-likeness (QED) is 0.555. The fourth-order valence-electron chi connectivity index (χ4n) is 1.91. The molecule has 0 spiro atoms. The number of hydrogen-bond acceptors (Lipinski definition) is 7. The third kappa shape index (κ3) is 4.50. The summed E-state index contributed by atoms with van der Waals surface area (Å²) in [5.41, 5.74) is 0. The van der Waals surface area contributed by atoms with Crippen LogP contribution in [-0.2, 0) is 9.53 Å². The number of ether oxygens (including phenoxy) is 2. The van der Waals surface area contributed by atoms with E-state index in [1.54, 1.807) is 19.1 Å². The van der Waals surface area contributed by atoms with Crippen LogP contribution in [0.2, 0.25) is 10.0 Å². The number of hydrogen-bond donors (Lipinski definition) is 0. The van der Waals surface area contributed by atoms with Crippen LogP contribution in [0.15, 0.2) is 40.1 Å². The van der Waals surface area contributed by atoms with Gasteiger partial charge in [-0.3, -0.25) is 0 Å². The molecule has 6 nitrogen and oxygen atoms in total. The average molecular weight is 399 g/mol. The van der Waals surface area contributed by atoms with Crippen molar-refractivity contribution in [3.05, 3.63) is 51.6 Å². The molecule has 9 heteroatoms. The lowest BCUT2D eigenvalue weighted by Crippen LogP contribution is -2.17. The van der Waals surface area contributed by atoms with Gasteiger partial charge in [0, 0.05) is 5.02 Å². The Kier molecular flexibility index (Phi) is 5.57. The van der Waals surface area contributed by atoms with E-state index in [4.69, 9.17) is 37.1 Å². The summed E-state index contributed by atoms with van der Waals surface area (Å²) < 4.78 is 16.1. The second kappa shape index (κ2) is 7.86. The minimum Gasteiger partial charge on any atom is -0.480 e. The highest BCUT2D eigenvalue weighted by molar-refractivity contribution is 7.13. The summed E-state index contributed by atoms with van der Waals surface area (Å²) in [7, 11) is 0. The van der Waals surface area contributed by atoms with E-state index in [9.17, 15) is 4.79 Å². The number of thiophene rings is 1. The topological polar surface area (TPSA) is 74.5 Å². The van der Waals surface area contributed by atoms with E-state index in [0.29, 0.717) is 21.7 Å². The van der Waals surface area contributed by atoms with Gasteiger partial charge in [0.05, 0.1) is 9.90 Å². The van der Waals surface area contributed by atoms with Gasteiger partial charge in [-0.05, 0) is 36.6 Å². The fourth-order valence-corrected chi connectivity index (χ4v) is 3.02. The molecular formula is C16H12Cl2N2O4S. The highest BCUT2D eigenvalue weighted by Gasteiger charge is 2.20. The van der Waals surface area contributed by atoms with Crippen molar-refractivity contribution in [2.75, 3.05) is 6.61 Å². The van der Waals surface area contributed by atoms with Crippen LogP contribution < -0.4 is 4.74 Å². The van der Waals surface area contributed by atoms with Gasteiger partial charge in [0.2, 0.25) is 0 Å². The van der Waals surface area contributed by atoms with Crippen LogP contribution in [-0.4, -0.2) is 22.8 Å². The molecule has 0 aliphatic rings. The first-order chi connectivity index (χ1) is 12.0. The van der Waals surface area contributed by atoms with E-state index >= 15 is 0 Å². The van der Waals surface area contributed by atoms with E-state index in [2.05, 4.69) is 10.2 Å². The number of nitrogens with zero attached hydrogens (tertiary/aromatic N) is 2. The highest BCUT2D eigenvalue weighted by atomic mass is 35.5. The summed E-state index contributed by atoms with van der Waals surface area (Å²) in [4.78, 5) is 12.8. The van der Waals surface area contributed by atoms with Gasteiger partial charge in [-0.15, -0.1) is 21.5 Å². The molecule has 130 valence electrons. The summed E-state index contributed by atoms with van der Waals surface area (Å²) in [6, 6.07) is 8.46. The molecule has 0 aliphatic carbocycles. The predicted molar refractivity (Wildman–Crippen MR) is 94.1 cm³/mol. The molecule has 1 aromatic carbocycles. The molecule has 0 fully saturated rings. The summed E-state index contributed by atoms with van der Waals surface area (Å²) in [5, 5.41) is 10.5. The van der Waals surface area contributed by atoms with Crippen molar-refractivity contribution in [1.29, 1.82) is 0 Å². The third-order valence-electron chi connectivity index (χ3n) is 3.07. The minimum absolute atomic E-state index is 0.210. The third-order valence-corrected chi connectivity index (χ3v) is 4.46. The van der Waals surface area contributed by atoms with Crippen molar-refractivity contribution < 1.29 is 18.7 Å². The zero-order valence-electron chi connectivity index (χ0n) is 12.9. The molecule has 0 bridgehead atoms. The van der Waals surface area contributed by atoms with Crippen LogP contribution in [0, 0.1) is 0 Å². The Labute approximate surface area is 157 Å². The molecule has 0 saturated heterocycles. The minimum atomic E-state index is -0.696. The van der Waals surface area contributed by atoms with Crippen molar-refractivity contribution in [1.82, 2.24) is 10.2 Å². The Bertz CT molecular complexity index is 867. The number of aromatic nitrogens is 2. The fraction of sp³-hybridized carbons (Fsp3) is 0.188. The summed E-state index contributed by atoms with van der Waals surface area (Å²) in [6.45, 7) is 1.33. The van der Waals surface area contributed by atoms with Crippen molar-refractivity contribution in [3.8, 4) is 16.5 Å². The Hall–Kier alpha value is -2.09. The number of benzene rings is 1. The maximum Gasteiger partial charge on any atom is 0.344 e. The van der Waals surface area contributed by atoms with E-state index in [1.807, 2.05) is 17.5 Å². The average Bonchev–Trinajstić information content (AvgIpc) is 3.25. The Morgan fingerprint density at radius 1 is 1.32 bits per heavy atom. The summed E-state index contributed by atoms with van der Waals surface area (Å²) in [6.07, 6.45) is -0.696. The van der Waals surface area contributed by atoms with E-state index in [0.717, 1.165) is 4.88 Å². The van der Waals surface area contributed by atoms with Crippen molar-refractivity contribution in [2.24, 2.45) is 0 Å². The number of halogens is 2. The van der Waals surface area contributed by atoms with Gasteiger partial charge in [0.1, 0.15) is 5.75 Å². The van der Waals surface area contributed by atoms with Gasteiger partial charge >= 0.3 is 5.97 Å². The molecule has 2 heterocycles. The zero-order chi connectivity index (χ0) is 17.8. The zero-order valence-corrected chi connectivity index (χ0v) is 15.3. The molecule has 1 atom stereocenters. The summed E-state index contributed by atoms with van der Waals surface area (Å²) in [5.74, 6) is 0.348. The maximum absolute atomic E-state index is 11.9. The highest BCUT2D eigenvalue weighted by Crippen LogP contribution is 2.28. The molecule has 0 amide bonds. The standard InChI is InChI=1S/C16H12Cl2N2O4S/c1-9(15-19-20-16(24-15)13-3-2-6-25-13)23-14(21)8-22-12-5-4-10(17)7-11(12)18/h2-7,9H,8H2,1H3/t9-/m0/s1. The predicted octanol–water partition coefficient (Wildman–Crippen LogP) is 4.79. The van der Waals surface area contributed by atoms with Crippen LogP contribution in [0.3, 0.4) is 0 Å². The molecule has 2 aromatic heterocycles. The van der Waals surface area contributed by atoms with Gasteiger partial charge in [0.25, 0.3) is 11.8 Å². The van der Waals surface area contributed by atoms with Gasteiger partial charge in [-0.2, -0.15) is 0 Å². The van der Waals surface area contributed by atoms with Gasteiger partial charge < -0.3 is 13.9 Å². The van der Waals surface area contributed by atoms with Gasteiger partial charge in [0.15, 0.2) is 12.7 Å². The number of esters is 1. The van der Waals surface area contributed by atoms with Crippen LogP contribution in [0.4, 0.5) is 0 Å². The lowest BCUT2D eigenvalue weighted by molar-refractivity contribution is -0.152. The molecular weight excluding hydrogens is 387 g/mol. The summed E-state index contributed by atoms with van der Waals surface area (Å²) >= 11 is 13.3. The van der Waals surface area contributed by atoms with Crippen molar-refractivity contribution >= 4 is 40.5 Å². The number of carbonyl (C=O) groups is 1. The molecule has 0 aliphatic heterocycles. The van der Waals surface area contributed by atoms with Crippen LogP contribution in [0.1, 0.15) is 18.9 Å². The molecule has 0 N–H and O–H groups in total. The molecule has 3 rings (SSSR count). The number of rotatable bonds is 6. The lowest BCUT2D eigenvalue weighted by atomic mass is 10.3. The van der Waals surface area contributed by atoms with E-state index in [-0.39, 0.29) is 12.5 Å². The van der Waals surface area contributed by atoms with Crippen molar-refractivity contribution in [3.63, 3.8) is 0 Å². The smallest absolute Gasteiger partial charge is 0.344 e. The normalized spacial score (nSPS) is 12.0. The van der Waals surface area contributed by atoms with Crippen LogP contribution >= 0.6 is 34.5 Å². The van der Waals surface area contributed by atoms with Gasteiger partial charge in [-0.1, -0.05) is 29.3 Å². The van der Waals surface area contributed by atoms with Crippen LogP contribution in [0.25, 0.3) is 10.8 Å². The maximum atomic E-state index is 11.9. The largest absolute Gasteiger partial charge is 0.480 e. The Morgan fingerprint density at radius 2 is 2.16 bits per heavy atom. The SMILES string of the molecule is C[C@H](OC(=O)COc1ccc(Cl)cc1Cl)c1nnc(-c2cccs2)o1. The second-order valence-corrected chi connectivity index (χ2v) is 6.71. The molecule has 3 aromatic rings. The molecule has 0 radical (unpaired) electrons. The number of carbonyl (C=O) groups excluding carboxylic acids is 1. The first-order valence-electron chi connectivity index (χ1n) is 7.17. The second-order valence-electron chi connectivity index (χ2n) is 4.92. The van der Waals surface area contributed by atoms with Gasteiger partial charge in [-0.25, -0.2) is 4.79 Å².